The molecule has 1 heteroatoms. The fourth-order valence-corrected chi connectivity index (χ4v) is 3.79. The van der Waals surface area contributed by atoms with Gasteiger partial charge in [-0.25, -0.2) is 0 Å². The SMILES string of the molecule is CCc1cccc(-c2ccc3c(c2)N(c2cccc(C)c2)CCC3)c1. The van der Waals surface area contributed by atoms with Crippen molar-refractivity contribution in [3.8, 4) is 11.1 Å². The minimum atomic E-state index is 1.08. The number of benzene rings is 3. The average Bonchev–Trinajstić information content (AvgIpc) is 2.67. The summed E-state index contributed by atoms with van der Waals surface area (Å²) in [7, 11) is 0. The lowest BCUT2D eigenvalue weighted by Gasteiger charge is -2.32. The Morgan fingerprint density at radius 2 is 1.72 bits per heavy atom. The lowest BCUT2D eigenvalue weighted by Crippen LogP contribution is -2.24. The van der Waals surface area contributed by atoms with Crippen LogP contribution in [0.5, 0.6) is 0 Å². The zero-order valence-corrected chi connectivity index (χ0v) is 15.1. The molecule has 126 valence electrons. The minimum absolute atomic E-state index is 1.08. The highest BCUT2D eigenvalue weighted by molar-refractivity contribution is 5.76. The topological polar surface area (TPSA) is 3.24 Å². The predicted octanol–water partition coefficient (Wildman–Crippen LogP) is 6.31. The first kappa shape index (κ1) is 16.0. The Hall–Kier alpha value is -2.54. The molecule has 0 N–H and O–H groups in total. The molecule has 0 saturated carbocycles. The number of rotatable bonds is 3. The molecule has 1 aliphatic heterocycles. The van der Waals surface area contributed by atoms with E-state index < -0.39 is 0 Å². The summed E-state index contributed by atoms with van der Waals surface area (Å²) in [4.78, 5) is 2.49. The second-order valence-electron chi connectivity index (χ2n) is 6.99. The van der Waals surface area contributed by atoms with E-state index in [-0.39, 0.29) is 0 Å². The van der Waals surface area contributed by atoms with Crippen LogP contribution in [-0.2, 0) is 12.8 Å². The van der Waals surface area contributed by atoms with Gasteiger partial charge >= 0.3 is 0 Å². The van der Waals surface area contributed by atoms with Gasteiger partial charge in [-0.15, -0.1) is 0 Å². The van der Waals surface area contributed by atoms with Crippen molar-refractivity contribution in [2.75, 3.05) is 11.4 Å². The van der Waals surface area contributed by atoms with Crippen molar-refractivity contribution in [2.24, 2.45) is 0 Å². The molecule has 0 amide bonds. The quantitative estimate of drug-likeness (QED) is 0.545. The van der Waals surface area contributed by atoms with Gasteiger partial charge in [0.1, 0.15) is 0 Å². The van der Waals surface area contributed by atoms with Crippen molar-refractivity contribution < 1.29 is 0 Å². The van der Waals surface area contributed by atoms with Crippen LogP contribution in [0.3, 0.4) is 0 Å². The Labute approximate surface area is 150 Å². The first-order valence-electron chi connectivity index (χ1n) is 9.31. The maximum absolute atomic E-state index is 2.49. The van der Waals surface area contributed by atoms with Gasteiger partial charge in [-0.2, -0.15) is 0 Å². The zero-order chi connectivity index (χ0) is 17.2. The van der Waals surface area contributed by atoms with Gasteiger partial charge in [0.25, 0.3) is 0 Å². The maximum atomic E-state index is 2.49. The third-order valence-electron chi connectivity index (χ3n) is 5.19. The summed E-state index contributed by atoms with van der Waals surface area (Å²) in [5.41, 5.74) is 9.48. The van der Waals surface area contributed by atoms with E-state index in [0.29, 0.717) is 0 Å². The minimum Gasteiger partial charge on any atom is -0.341 e. The monoisotopic (exact) mass is 327 g/mol. The van der Waals surface area contributed by atoms with Crippen molar-refractivity contribution in [1.29, 1.82) is 0 Å². The lowest BCUT2D eigenvalue weighted by molar-refractivity contribution is 0.767. The third-order valence-corrected chi connectivity index (χ3v) is 5.19. The van der Waals surface area contributed by atoms with E-state index >= 15 is 0 Å². The molecule has 3 aromatic carbocycles. The molecule has 0 bridgehead atoms. The Balaban J connectivity index is 1.78. The molecular formula is C24H25N. The molecule has 1 aliphatic rings. The number of anilines is 2. The van der Waals surface area contributed by atoms with Crippen molar-refractivity contribution in [3.05, 3.63) is 83.4 Å². The van der Waals surface area contributed by atoms with E-state index in [4.69, 9.17) is 0 Å². The molecule has 4 rings (SSSR count). The van der Waals surface area contributed by atoms with Crippen LogP contribution in [0.1, 0.15) is 30.0 Å². The second-order valence-corrected chi connectivity index (χ2v) is 6.99. The fourth-order valence-electron chi connectivity index (χ4n) is 3.79. The number of hydrogen-bond acceptors (Lipinski definition) is 1. The van der Waals surface area contributed by atoms with Gasteiger partial charge in [0.05, 0.1) is 0 Å². The molecule has 1 nitrogen and oxygen atoms in total. The number of nitrogens with zero attached hydrogens (tertiary/aromatic N) is 1. The number of aryl methyl sites for hydroxylation is 3. The van der Waals surface area contributed by atoms with Crippen molar-refractivity contribution in [3.63, 3.8) is 0 Å². The first-order valence-corrected chi connectivity index (χ1v) is 9.31. The molecule has 1 heterocycles. The predicted molar refractivity (Wildman–Crippen MR) is 108 cm³/mol. The summed E-state index contributed by atoms with van der Waals surface area (Å²) in [5, 5.41) is 0. The maximum Gasteiger partial charge on any atom is 0.0449 e. The Morgan fingerprint density at radius 3 is 2.56 bits per heavy atom. The average molecular weight is 327 g/mol. The van der Waals surface area contributed by atoms with E-state index in [1.165, 1.54) is 52.0 Å². The largest absolute Gasteiger partial charge is 0.341 e. The molecule has 0 saturated heterocycles. The van der Waals surface area contributed by atoms with Crippen LogP contribution < -0.4 is 4.90 Å². The van der Waals surface area contributed by atoms with E-state index in [1.807, 2.05) is 0 Å². The lowest BCUT2D eigenvalue weighted by atomic mass is 9.95. The molecule has 3 aromatic rings. The van der Waals surface area contributed by atoms with Crippen LogP contribution in [0.15, 0.2) is 66.7 Å². The molecule has 0 atom stereocenters. The van der Waals surface area contributed by atoms with E-state index in [9.17, 15) is 0 Å². The molecule has 25 heavy (non-hydrogen) atoms. The summed E-state index contributed by atoms with van der Waals surface area (Å²) in [6, 6.07) is 24.8. The summed E-state index contributed by atoms with van der Waals surface area (Å²) in [6.45, 7) is 5.47. The Bertz CT molecular complexity index is 894. The smallest absolute Gasteiger partial charge is 0.0449 e. The van der Waals surface area contributed by atoms with Crippen LogP contribution in [0, 0.1) is 6.92 Å². The molecular weight excluding hydrogens is 302 g/mol. The van der Waals surface area contributed by atoms with Crippen LogP contribution >= 0.6 is 0 Å². The summed E-state index contributed by atoms with van der Waals surface area (Å²) in [5.74, 6) is 0. The van der Waals surface area contributed by atoms with E-state index in [2.05, 4.69) is 85.5 Å². The zero-order valence-electron chi connectivity index (χ0n) is 15.1. The van der Waals surface area contributed by atoms with Crippen LogP contribution in [0.2, 0.25) is 0 Å². The second kappa shape index (κ2) is 6.76. The normalized spacial score (nSPS) is 13.6. The van der Waals surface area contributed by atoms with Gasteiger partial charge in [-0.1, -0.05) is 55.5 Å². The van der Waals surface area contributed by atoms with Gasteiger partial charge < -0.3 is 4.90 Å². The van der Waals surface area contributed by atoms with Crippen LogP contribution in [0.4, 0.5) is 11.4 Å². The summed E-state index contributed by atoms with van der Waals surface area (Å²) >= 11 is 0. The van der Waals surface area contributed by atoms with Gasteiger partial charge in [0.2, 0.25) is 0 Å². The van der Waals surface area contributed by atoms with Gasteiger partial charge in [0, 0.05) is 17.9 Å². The molecule has 0 spiro atoms. The Kier molecular flexibility index (Phi) is 4.31. The fraction of sp³-hybridized carbons (Fsp3) is 0.250. The van der Waals surface area contributed by atoms with Gasteiger partial charge in [-0.3, -0.25) is 0 Å². The van der Waals surface area contributed by atoms with Crippen molar-refractivity contribution in [2.45, 2.75) is 33.1 Å². The number of hydrogen-bond donors (Lipinski definition) is 0. The standard InChI is InChI=1S/C24H25N/c1-3-19-8-5-9-21(16-19)22-13-12-20-10-6-14-25(24(20)17-22)23-11-4-7-18(2)15-23/h4-5,7-9,11-13,15-17H,3,6,10,14H2,1-2H3. The highest BCUT2D eigenvalue weighted by atomic mass is 15.1. The van der Waals surface area contributed by atoms with E-state index in [0.717, 1.165) is 13.0 Å². The third kappa shape index (κ3) is 3.19. The summed E-state index contributed by atoms with van der Waals surface area (Å²) in [6.07, 6.45) is 3.47. The number of fused-ring (bicyclic) bond motifs is 1. The Morgan fingerprint density at radius 1 is 0.880 bits per heavy atom. The highest BCUT2D eigenvalue weighted by Crippen LogP contribution is 2.36. The molecule has 0 radical (unpaired) electrons. The van der Waals surface area contributed by atoms with Crippen LogP contribution in [0.25, 0.3) is 11.1 Å². The highest BCUT2D eigenvalue weighted by Gasteiger charge is 2.19. The van der Waals surface area contributed by atoms with Crippen molar-refractivity contribution >= 4 is 11.4 Å². The molecule has 0 aliphatic carbocycles. The van der Waals surface area contributed by atoms with E-state index in [1.54, 1.807) is 0 Å². The molecule has 0 fully saturated rings. The van der Waals surface area contributed by atoms with Gasteiger partial charge in [0.15, 0.2) is 0 Å². The van der Waals surface area contributed by atoms with Crippen LogP contribution in [-0.4, -0.2) is 6.54 Å². The van der Waals surface area contributed by atoms with Gasteiger partial charge in [-0.05, 0) is 72.2 Å². The molecule has 0 aromatic heterocycles. The first-order chi connectivity index (χ1) is 12.2. The van der Waals surface area contributed by atoms with Crippen molar-refractivity contribution in [1.82, 2.24) is 0 Å². The summed E-state index contributed by atoms with van der Waals surface area (Å²) < 4.78 is 0. The molecule has 0 unspecified atom stereocenters.